The lowest BCUT2D eigenvalue weighted by Crippen LogP contribution is -2.32. The van der Waals surface area contributed by atoms with Gasteiger partial charge in [-0.25, -0.2) is 9.78 Å². The molecule has 0 fully saturated rings. The smallest absolute Gasteiger partial charge is 0.335 e. The Morgan fingerprint density at radius 1 is 1.29 bits per heavy atom. The van der Waals surface area contributed by atoms with E-state index >= 15 is 0 Å². The average Bonchev–Trinajstić information content (AvgIpc) is 2.53. The normalized spacial score (nSPS) is 13.4. The Morgan fingerprint density at radius 2 is 2.10 bits per heavy atom. The minimum atomic E-state index is -0.884. The molecule has 3 rings (SSSR count). The lowest BCUT2D eigenvalue weighted by atomic mass is 9.94. The molecule has 5 heteroatoms. The van der Waals surface area contributed by atoms with Gasteiger partial charge in [0.05, 0.1) is 5.56 Å². The second-order valence-electron chi connectivity index (χ2n) is 4.91. The van der Waals surface area contributed by atoms with E-state index in [4.69, 9.17) is 5.26 Å². The van der Waals surface area contributed by atoms with Crippen LogP contribution in [0.5, 0.6) is 0 Å². The summed E-state index contributed by atoms with van der Waals surface area (Å²) in [7, 11) is 0. The van der Waals surface area contributed by atoms with Crippen LogP contribution in [0.2, 0.25) is 0 Å². The summed E-state index contributed by atoms with van der Waals surface area (Å²) in [5.74, 6) is -0.134. The van der Waals surface area contributed by atoms with Crippen LogP contribution in [0, 0.1) is 11.3 Å². The second-order valence-corrected chi connectivity index (χ2v) is 4.91. The zero-order valence-electron chi connectivity index (χ0n) is 11.3. The number of carboxylic acids is 1. The number of hydrogen-bond acceptors (Lipinski definition) is 4. The van der Waals surface area contributed by atoms with Crippen LogP contribution < -0.4 is 4.90 Å². The zero-order valence-corrected chi connectivity index (χ0v) is 11.3. The van der Waals surface area contributed by atoms with E-state index in [9.17, 15) is 9.90 Å². The van der Waals surface area contributed by atoms with Gasteiger partial charge in [-0.05, 0) is 35.7 Å². The van der Waals surface area contributed by atoms with Gasteiger partial charge in [0.1, 0.15) is 17.6 Å². The third-order valence-corrected chi connectivity index (χ3v) is 3.67. The molecule has 0 saturated carbocycles. The van der Waals surface area contributed by atoms with Gasteiger partial charge in [0.2, 0.25) is 0 Å². The largest absolute Gasteiger partial charge is 0.478 e. The fraction of sp³-hybridized carbons (Fsp3) is 0.188. The number of anilines is 1. The molecule has 1 aliphatic heterocycles. The van der Waals surface area contributed by atoms with Crippen molar-refractivity contribution in [1.29, 1.82) is 5.26 Å². The van der Waals surface area contributed by atoms with Crippen LogP contribution in [0.4, 0.5) is 5.82 Å². The van der Waals surface area contributed by atoms with Crippen molar-refractivity contribution < 1.29 is 9.90 Å². The summed E-state index contributed by atoms with van der Waals surface area (Å²) in [4.78, 5) is 17.6. The first-order valence-electron chi connectivity index (χ1n) is 6.65. The molecule has 0 amide bonds. The van der Waals surface area contributed by atoms with Crippen molar-refractivity contribution in [3.05, 3.63) is 58.8 Å². The van der Waals surface area contributed by atoms with Gasteiger partial charge in [-0.2, -0.15) is 5.26 Å². The maximum absolute atomic E-state index is 11.2. The molecule has 1 aromatic carbocycles. The van der Waals surface area contributed by atoms with Gasteiger partial charge in [0, 0.05) is 13.1 Å². The number of benzene rings is 1. The van der Waals surface area contributed by atoms with Gasteiger partial charge in [-0.3, -0.25) is 0 Å². The summed E-state index contributed by atoms with van der Waals surface area (Å²) in [6, 6.07) is 12.7. The highest BCUT2D eigenvalue weighted by Crippen LogP contribution is 2.25. The highest BCUT2D eigenvalue weighted by atomic mass is 16.4. The first kappa shape index (κ1) is 13.1. The maximum Gasteiger partial charge on any atom is 0.335 e. The van der Waals surface area contributed by atoms with E-state index in [-0.39, 0.29) is 0 Å². The molecule has 1 aliphatic rings. The number of pyridine rings is 1. The number of fused-ring (bicyclic) bond motifs is 1. The molecule has 1 N–H and O–H groups in total. The number of carbonyl (C=O) groups is 1. The molecule has 2 aromatic rings. The highest BCUT2D eigenvalue weighted by molar-refractivity contribution is 5.90. The molecule has 104 valence electrons. The number of aromatic nitrogens is 1. The molecule has 0 unspecified atom stereocenters. The Kier molecular flexibility index (Phi) is 3.28. The van der Waals surface area contributed by atoms with Crippen molar-refractivity contribution >= 4 is 11.8 Å². The molecule has 0 bridgehead atoms. The minimum Gasteiger partial charge on any atom is -0.478 e. The third kappa shape index (κ3) is 2.43. The molecular weight excluding hydrogens is 266 g/mol. The van der Waals surface area contributed by atoms with Crippen LogP contribution >= 0.6 is 0 Å². The number of rotatable bonds is 2. The number of aromatic carboxylic acids is 1. The van der Waals surface area contributed by atoms with Gasteiger partial charge in [-0.15, -0.1) is 0 Å². The van der Waals surface area contributed by atoms with Gasteiger partial charge in [0.25, 0.3) is 0 Å². The van der Waals surface area contributed by atoms with Gasteiger partial charge in [0.15, 0.2) is 0 Å². The van der Waals surface area contributed by atoms with Crippen molar-refractivity contribution in [2.45, 2.75) is 13.0 Å². The standard InChI is InChI=1S/C16H13N3O2/c17-9-12-4-2-6-15(18-12)19-8-7-13-11(10-19)3-1-5-14(13)16(20)21/h1-6H,7-8,10H2,(H,20,21). The van der Waals surface area contributed by atoms with Crippen molar-refractivity contribution in [1.82, 2.24) is 4.98 Å². The van der Waals surface area contributed by atoms with Crippen LogP contribution in [-0.4, -0.2) is 22.6 Å². The topological polar surface area (TPSA) is 77.2 Å². The number of hydrogen-bond donors (Lipinski definition) is 1. The number of nitriles is 1. The summed E-state index contributed by atoms with van der Waals surface area (Å²) in [5, 5.41) is 18.1. The molecule has 0 spiro atoms. The Hall–Kier alpha value is -2.87. The van der Waals surface area contributed by atoms with E-state index in [1.165, 1.54) is 0 Å². The summed E-state index contributed by atoms with van der Waals surface area (Å²) >= 11 is 0. The molecule has 21 heavy (non-hydrogen) atoms. The van der Waals surface area contributed by atoms with Crippen LogP contribution in [0.1, 0.15) is 27.2 Å². The number of nitrogens with zero attached hydrogens (tertiary/aromatic N) is 3. The fourth-order valence-corrected chi connectivity index (χ4v) is 2.67. The number of carboxylic acid groups (broad SMARTS) is 1. The predicted octanol–water partition coefficient (Wildman–Crippen LogP) is 2.21. The Bertz CT molecular complexity index is 749. The molecule has 0 radical (unpaired) electrons. The summed E-state index contributed by atoms with van der Waals surface area (Å²) in [6.07, 6.45) is 0.663. The van der Waals surface area contributed by atoms with Gasteiger partial charge < -0.3 is 10.0 Å². The Labute approximate surface area is 122 Å². The van der Waals surface area contributed by atoms with E-state index in [1.807, 2.05) is 24.3 Å². The quantitative estimate of drug-likeness (QED) is 0.912. The summed E-state index contributed by atoms with van der Waals surface area (Å²) < 4.78 is 0. The Balaban J connectivity index is 1.93. The fourth-order valence-electron chi connectivity index (χ4n) is 2.67. The van der Waals surface area contributed by atoms with E-state index in [2.05, 4.69) is 9.88 Å². The monoisotopic (exact) mass is 279 g/mol. The molecule has 5 nitrogen and oxygen atoms in total. The van der Waals surface area contributed by atoms with Gasteiger partial charge in [-0.1, -0.05) is 18.2 Å². The summed E-state index contributed by atoms with van der Waals surface area (Å²) in [5.41, 5.74) is 2.67. The summed E-state index contributed by atoms with van der Waals surface area (Å²) in [6.45, 7) is 1.30. The van der Waals surface area contributed by atoms with E-state index in [0.717, 1.165) is 16.9 Å². The van der Waals surface area contributed by atoms with Crippen LogP contribution in [-0.2, 0) is 13.0 Å². The van der Waals surface area contributed by atoms with Gasteiger partial charge >= 0.3 is 5.97 Å². The predicted molar refractivity (Wildman–Crippen MR) is 77.1 cm³/mol. The van der Waals surface area contributed by atoms with E-state index in [1.54, 1.807) is 18.2 Å². The van der Waals surface area contributed by atoms with Crippen LogP contribution in [0.25, 0.3) is 0 Å². The van der Waals surface area contributed by atoms with Crippen molar-refractivity contribution in [2.75, 3.05) is 11.4 Å². The van der Waals surface area contributed by atoms with E-state index < -0.39 is 5.97 Å². The average molecular weight is 279 g/mol. The van der Waals surface area contributed by atoms with Crippen LogP contribution in [0.3, 0.4) is 0 Å². The van der Waals surface area contributed by atoms with Crippen molar-refractivity contribution in [3.63, 3.8) is 0 Å². The zero-order chi connectivity index (χ0) is 14.8. The first-order valence-corrected chi connectivity index (χ1v) is 6.65. The van der Waals surface area contributed by atoms with Crippen LogP contribution in [0.15, 0.2) is 36.4 Å². The molecule has 0 atom stereocenters. The molecule has 0 aliphatic carbocycles. The Morgan fingerprint density at radius 3 is 2.86 bits per heavy atom. The molecular formula is C16H13N3O2. The highest BCUT2D eigenvalue weighted by Gasteiger charge is 2.22. The molecule has 2 heterocycles. The maximum atomic E-state index is 11.2. The SMILES string of the molecule is N#Cc1cccc(N2CCc3c(cccc3C(=O)O)C2)n1. The lowest BCUT2D eigenvalue weighted by molar-refractivity contribution is 0.0695. The lowest BCUT2D eigenvalue weighted by Gasteiger charge is -2.30. The van der Waals surface area contributed by atoms with Crippen molar-refractivity contribution in [2.24, 2.45) is 0 Å². The minimum absolute atomic E-state index is 0.380. The third-order valence-electron chi connectivity index (χ3n) is 3.67. The molecule has 0 saturated heterocycles. The first-order chi connectivity index (χ1) is 10.2. The van der Waals surface area contributed by atoms with E-state index in [0.29, 0.717) is 30.8 Å². The molecule has 1 aromatic heterocycles. The second kappa shape index (κ2) is 5.25. The van der Waals surface area contributed by atoms with Crippen molar-refractivity contribution in [3.8, 4) is 6.07 Å².